The van der Waals surface area contributed by atoms with Crippen molar-refractivity contribution in [3.05, 3.63) is 53.3 Å². The molecule has 1 spiro atoms. The number of allylic oxidation sites excluding steroid dienone is 5. The molecular formula is C29H36O4. The number of aliphatic hydroxyl groups is 1. The van der Waals surface area contributed by atoms with Gasteiger partial charge in [-0.3, -0.25) is 4.79 Å². The lowest BCUT2D eigenvalue weighted by atomic mass is 9.46. The predicted octanol–water partition coefficient (Wildman–Crippen LogP) is 5.20. The van der Waals surface area contributed by atoms with Gasteiger partial charge in [-0.25, -0.2) is 0 Å². The minimum Gasteiger partial charge on any atom is -0.385 e. The zero-order valence-corrected chi connectivity index (χ0v) is 19.9. The second-order valence-corrected chi connectivity index (χ2v) is 11.7. The Balaban J connectivity index is 1.25. The summed E-state index contributed by atoms with van der Waals surface area (Å²) in [6.45, 7) is 6.20. The van der Waals surface area contributed by atoms with Crippen molar-refractivity contribution in [2.75, 3.05) is 13.2 Å². The summed E-state index contributed by atoms with van der Waals surface area (Å²) in [7, 11) is 0. The van der Waals surface area contributed by atoms with Crippen LogP contribution in [0.25, 0.3) is 0 Å². The average Bonchev–Trinajstić information content (AvgIpc) is 3.54. The molecule has 33 heavy (non-hydrogen) atoms. The van der Waals surface area contributed by atoms with E-state index in [1.807, 2.05) is 12.2 Å². The lowest BCUT2D eigenvalue weighted by Crippen LogP contribution is -2.55. The second-order valence-electron chi connectivity index (χ2n) is 11.7. The summed E-state index contributed by atoms with van der Waals surface area (Å²) < 4.78 is 12.1. The lowest BCUT2D eigenvalue weighted by molar-refractivity contribution is -0.186. The molecule has 1 saturated heterocycles. The Labute approximate surface area is 197 Å². The Morgan fingerprint density at radius 1 is 1.12 bits per heavy atom. The van der Waals surface area contributed by atoms with Crippen molar-refractivity contribution in [1.82, 2.24) is 0 Å². The van der Waals surface area contributed by atoms with Crippen molar-refractivity contribution < 1.29 is 19.4 Å². The first-order valence-corrected chi connectivity index (χ1v) is 12.9. The summed E-state index contributed by atoms with van der Waals surface area (Å²) in [5.74, 6) is 1.29. The first-order chi connectivity index (χ1) is 15.8. The maximum atomic E-state index is 12.5. The quantitative estimate of drug-likeness (QED) is 0.366. The van der Waals surface area contributed by atoms with Crippen molar-refractivity contribution in [1.29, 1.82) is 0 Å². The predicted molar refractivity (Wildman–Crippen MR) is 126 cm³/mol. The molecule has 0 aromatic heterocycles. The molecule has 1 heterocycles. The number of carbonyl (C=O) groups excluding carboxylic acids is 1. The molecule has 176 valence electrons. The van der Waals surface area contributed by atoms with Crippen LogP contribution in [-0.2, 0) is 14.3 Å². The van der Waals surface area contributed by atoms with Crippen LogP contribution in [0, 0.1) is 28.6 Å². The molecule has 0 bridgehead atoms. The topological polar surface area (TPSA) is 55.8 Å². The molecule has 0 amide bonds. The zero-order chi connectivity index (χ0) is 22.9. The second kappa shape index (κ2) is 7.39. The van der Waals surface area contributed by atoms with Crippen molar-refractivity contribution in [2.45, 2.75) is 76.6 Å². The van der Waals surface area contributed by atoms with Crippen molar-refractivity contribution in [2.24, 2.45) is 28.6 Å². The van der Waals surface area contributed by atoms with E-state index in [4.69, 9.17) is 9.47 Å². The SMILES string of the molecule is C[C@]12CCC3(CC1=CC[C@@H]1[C@@H]2CC[C@@]2(C)[C@H]1CC[C@@]2(O)/C=C/C(=O)C1=C=CC=C1)OCCO3. The highest BCUT2D eigenvalue weighted by Gasteiger charge is 2.63. The molecule has 4 fully saturated rings. The average molecular weight is 449 g/mol. The van der Waals surface area contributed by atoms with Gasteiger partial charge in [-0.05, 0) is 86.0 Å². The van der Waals surface area contributed by atoms with Crippen LogP contribution in [0.4, 0.5) is 0 Å². The molecule has 3 saturated carbocycles. The van der Waals surface area contributed by atoms with Gasteiger partial charge < -0.3 is 14.6 Å². The van der Waals surface area contributed by atoms with Crippen LogP contribution in [0.15, 0.2) is 53.3 Å². The van der Waals surface area contributed by atoms with Gasteiger partial charge in [-0.15, -0.1) is 5.73 Å². The summed E-state index contributed by atoms with van der Waals surface area (Å²) in [6, 6.07) is 0. The Kier molecular flexibility index (Phi) is 4.88. The third-order valence-corrected chi connectivity index (χ3v) is 10.5. The number of hydrogen-bond donors (Lipinski definition) is 1. The summed E-state index contributed by atoms with van der Waals surface area (Å²) in [5.41, 5.74) is 4.20. The first kappa shape index (κ1) is 21.8. The van der Waals surface area contributed by atoms with Gasteiger partial charge in [0.05, 0.1) is 24.4 Å². The number of hydrogen-bond acceptors (Lipinski definition) is 4. The lowest BCUT2D eigenvalue weighted by Gasteiger charge is -2.59. The number of ether oxygens (including phenoxy) is 2. The molecule has 6 aliphatic rings. The highest BCUT2D eigenvalue weighted by molar-refractivity contribution is 6.06. The third kappa shape index (κ3) is 3.11. The van der Waals surface area contributed by atoms with E-state index in [-0.39, 0.29) is 22.4 Å². The summed E-state index contributed by atoms with van der Waals surface area (Å²) >= 11 is 0. The molecule has 0 unspecified atom stereocenters. The van der Waals surface area contributed by atoms with E-state index in [0.29, 0.717) is 23.3 Å². The summed E-state index contributed by atoms with van der Waals surface area (Å²) in [6.07, 6.45) is 19.3. The van der Waals surface area contributed by atoms with Gasteiger partial charge in [0.15, 0.2) is 11.6 Å². The van der Waals surface area contributed by atoms with Crippen LogP contribution >= 0.6 is 0 Å². The van der Waals surface area contributed by atoms with Crippen LogP contribution in [0.5, 0.6) is 0 Å². The summed E-state index contributed by atoms with van der Waals surface area (Å²) in [5, 5.41) is 11.8. The number of fused-ring (bicyclic) bond motifs is 5. The Bertz CT molecular complexity index is 1020. The van der Waals surface area contributed by atoms with Crippen molar-refractivity contribution in [3.8, 4) is 0 Å². The van der Waals surface area contributed by atoms with Gasteiger partial charge in [0.2, 0.25) is 0 Å². The normalized spacial score (nSPS) is 45.1. The van der Waals surface area contributed by atoms with Crippen molar-refractivity contribution >= 4 is 5.78 Å². The van der Waals surface area contributed by atoms with E-state index in [2.05, 4.69) is 25.7 Å². The van der Waals surface area contributed by atoms with E-state index < -0.39 is 5.60 Å². The van der Waals surface area contributed by atoms with Gasteiger partial charge >= 0.3 is 0 Å². The molecule has 0 radical (unpaired) electrons. The maximum Gasteiger partial charge on any atom is 0.193 e. The highest BCUT2D eigenvalue weighted by atomic mass is 16.7. The molecule has 6 atom stereocenters. The molecule has 0 aromatic carbocycles. The largest absolute Gasteiger partial charge is 0.385 e. The zero-order valence-electron chi connectivity index (χ0n) is 19.9. The number of rotatable bonds is 3. The summed E-state index contributed by atoms with van der Waals surface area (Å²) in [4.78, 5) is 12.5. The molecule has 0 aromatic rings. The van der Waals surface area contributed by atoms with Crippen LogP contribution in [0.2, 0.25) is 0 Å². The third-order valence-electron chi connectivity index (χ3n) is 10.5. The monoisotopic (exact) mass is 448 g/mol. The number of carbonyl (C=O) groups is 1. The molecular weight excluding hydrogens is 412 g/mol. The Morgan fingerprint density at radius 3 is 2.67 bits per heavy atom. The van der Waals surface area contributed by atoms with Gasteiger partial charge in [-0.2, -0.15) is 0 Å². The molecule has 4 heteroatoms. The Morgan fingerprint density at radius 2 is 1.91 bits per heavy atom. The minimum absolute atomic E-state index is 0.0700. The maximum absolute atomic E-state index is 12.5. The molecule has 1 aliphatic heterocycles. The van der Waals surface area contributed by atoms with Crippen LogP contribution in [0.1, 0.15) is 65.2 Å². The van der Waals surface area contributed by atoms with Crippen LogP contribution in [0.3, 0.4) is 0 Å². The van der Waals surface area contributed by atoms with Gasteiger partial charge in [0.1, 0.15) is 0 Å². The molecule has 6 rings (SSSR count). The van der Waals surface area contributed by atoms with E-state index in [9.17, 15) is 9.90 Å². The number of ketones is 1. The highest BCUT2D eigenvalue weighted by Crippen LogP contribution is 2.68. The molecule has 5 aliphatic carbocycles. The van der Waals surface area contributed by atoms with E-state index >= 15 is 0 Å². The van der Waals surface area contributed by atoms with Gasteiger partial charge in [-0.1, -0.05) is 31.6 Å². The fourth-order valence-corrected chi connectivity index (χ4v) is 8.46. The standard InChI is InChI=1S/C29H36O4/c1-26-15-16-29(32-17-18-33-29)19-21(26)7-8-22-23(26)9-12-27(2)24(22)10-13-28(27,31)14-11-25(30)20-5-3-4-6-20/h3-5,7,11,14,22-24,31H,8-10,12-13,15-19H2,1-2H3/b14-11+/t22-,23+,24+,26+,27+,28-/m1/s1. The first-order valence-electron chi connectivity index (χ1n) is 12.9. The van der Waals surface area contributed by atoms with Crippen LogP contribution in [-0.4, -0.2) is 35.5 Å². The minimum atomic E-state index is -0.919. The molecule has 1 N–H and O–H groups in total. The molecule has 4 nitrogen and oxygen atoms in total. The Hall–Kier alpha value is -1.71. The van der Waals surface area contributed by atoms with Gasteiger partial charge in [0, 0.05) is 18.3 Å². The smallest absolute Gasteiger partial charge is 0.193 e. The van der Waals surface area contributed by atoms with E-state index in [1.54, 1.807) is 23.8 Å². The van der Waals surface area contributed by atoms with E-state index in [0.717, 1.165) is 64.6 Å². The van der Waals surface area contributed by atoms with Crippen molar-refractivity contribution in [3.63, 3.8) is 0 Å². The van der Waals surface area contributed by atoms with Gasteiger partial charge in [0.25, 0.3) is 0 Å². The fraction of sp³-hybridized carbons (Fsp3) is 0.655. The van der Waals surface area contributed by atoms with E-state index in [1.165, 1.54) is 0 Å². The van der Waals surface area contributed by atoms with Crippen LogP contribution < -0.4 is 0 Å². The fourth-order valence-electron chi connectivity index (χ4n) is 8.46.